The van der Waals surface area contributed by atoms with Gasteiger partial charge in [0.2, 0.25) is 5.91 Å². The summed E-state index contributed by atoms with van der Waals surface area (Å²) in [6.07, 6.45) is 13.0. The maximum atomic E-state index is 13.2. The Morgan fingerprint density at radius 2 is 1.96 bits per heavy atom. The van der Waals surface area contributed by atoms with Crippen LogP contribution >= 0.6 is 11.3 Å². The Bertz CT molecular complexity index is 911. The van der Waals surface area contributed by atoms with E-state index in [4.69, 9.17) is 0 Å². The van der Waals surface area contributed by atoms with Crippen LogP contribution in [0, 0.1) is 5.92 Å². The molecule has 0 bridgehead atoms. The van der Waals surface area contributed by atoms with E-state index in [1.807, 2.05) is 35.8 Å². The molecular weight excluding hydrogens is 370 g/mol. The van der Waals surface area contributed by atoms with Gasteiger partial charge in [0, 0.05) is 28.5 Å². The number of anilines is 1. The van der Waals surface area contributed by atoms with E-state index < -0.39 is 6.04 Å². The van der Waals surface area contributed by atoms with Gasteiger partial charge in [-0.3, -0.25) is 4.79 Å². The third-order valence-electron chi connectivity index (χ3n) is 5.81. The van der Waals surface area contributed by atoms with Crippen LogP contribution in [0.1, 0.15) is 57.4 Å². The second-order valence-electron chi connectivity index (χ2n) is 7.74. The SMILES string of the molecule is O=C(Nc1nccs1)C(CC1CCCCCCC1)n1cc2ccccc2c1O. The molecule has 4 rings (SSSR count). The molecule has 5 nitrogen and oxygen atoms in total. The van der Waals surface area contributed by atoms with Crippen molar-refractivity contribution in [2.24, 2.45) is 5.92 Å². The molecule has 1 aromatic carbocycles. The third kappa shape index (κ3) is 4.22. The molecule has 1 unspecified atom stereocenters. The Kier molecular flexibility index (Phi) is 5.95. The third-order valence-corrected chi connectivity index (χ3v) is 6.50. The van der Waals surface area contributed by atoms with E-state index in [0.29, 0.717) is 11.0 Å². The van der Waals surface area contributed by atoms with Crippen LogP contribution in [-0.2, 0) is 4.79 Å². The largest absolute Gasteiger partial charge is 0.494 e. The van der Waals surface area contributed by atoms with Crippen LogP contribution in [0.15, 0.2) is 42.0 Å². The first kappa shape index (κ1) is 19.0. The van der Waals surface area contributed by atoms with Crippen LogP contribution in [0.4, 0.5) is 5.13 Å². The Hall–Kier alpha value is -2.34. The summed E-state index contributed by atoms with van der Waals surface area (Å²) in [6, 6.07) is 7.28. The van der Waals surface area contributed by atoms with E-state index in [1.54, 1.807) is 10.8 Å². The average Bonchev–Trinajstić information content (AvgIpc) is 3.29. The van der Waals surface area contributed by atoms with Crippen molar-refractivity contribution < 1.29 is 9.90 Å². The molecule has 1 aliphatic carbocycles. The monoisotopic (exact) mass is 397 g/mol. The second-order valence-corrected chi connectivity index (χ2v) is 8.63. The normalized spacial score (nSPS) is 17.1. The summed E-state index contributed by atoms with van der Waals surface area (Å²) in [7, 11) is 0. The molecule has 1 amide bonds. The summed E-state index contributed by atoms with van der Waals surface area (Å²) in [5.74, 6) is 0.561. The Morgan fingerprint density at radius 3 is 2.68 bits per heavy atom. The zero-order chi connectivity index (χ0) is 19.3. The fourth-order valence-corrected chi connectivity index (χ4v) is 4.85. The minimum absolute atomic E-state index is 0.104. The lowest BCUT2D eigenvalue weighted by atomic mass is 9.86. The number of nitrogens with one attached hydrogen (secondary N) is 1. The van der Waals surface area contributed by atoms with Crippen LogP contribution in [0.25, 0.3) is 10.8 Å². The smallest absolute Gasteiger partial charge is 0.249 e. The van der Waals surface area contributed by atoms with Crippen LogP contribution < -0.4 is 5.32 Å². The Morgan fingerprint density at radius 1 is 1.21 bits per heavy atom. The number of carbonyl (C=O) groups is 1. The molecule has 1 aliphatic rings. The fraction of sp³-hybridized carbons (Fsp3) is 0.455. The Labute approximate surface area is 169 Å². The first-order valence-electron chi connectivity index (χ1n) is 10.2. The number of rotatable bonds is 5. The number of carbonyl (C=O) groups excluding carboxylic acids is 1. The predicted molar refractivity (Wildman–Crippen MR) is 114 cm³/mol. The molecule has 28 heavy (non-hydrogen) atoms. The maximum Gasteiger partial charge on any atom is 0.249 e. The van der Waals surface area contributed by atoms with Gasteiger partial charge in [-0.15, -0.1) is 11.3 Å². The number of thiazole rings is 1. The zero-order valence-electron chi connectivity index (χ0n) is 16.0. The number of amides is 1. The topological polar surface area (TPSA) is 67.2 Å². The predicted octanol–water partition coefficient (Wildman–Crippen LogP) is 5.73. The first-order valence-corrected chi connectivity index (χ1v) is 11.1. The van der Waals surface area contributed by atoms with Crippen molar-refractivity contribution in [2.45, 2.75) is 57.4 Å². The minimum atomic E-state index is -0.444. The molecule has 0 spiro atoms. The standard InChI is InChI=1S/C22H27N3O2S/c26-20(24-22-23-12-13-28-22)19(14-16-8-4-2-1-3-5-9-16)25-15-17-10-6-7-11-18(17)21(25)27/h6-7,10-13,15-16,19,27H,1-5,8-9,14H2,(H,23,24,26). The molecule has 2 N–H and O–H groups in total. The molecule has 3 aromatic rings. The highest BCUT2D eigenvalue weighted by Crippen LogP contribution is 2.36. The van der Waals surface area contributed by atoms with Crippen LogP contribution in [0.3, 0.4) is 0 Å². The molecule has 2 heterocycles. The lowest BCUT2D eigenvalue weighted by molar-refractivity contribution is -0.120. The van der Waals surface area contributed by atoms with Crippen LogP contribution in [0.5, 0.6) is 5.88 Å². The fourth-order valence-electron chi connectivity index (χ4n) is 4.31. The van der Waals surface area contributed by atoms with Gasteiger partial charge in [-0.25, -0.2) is 4.98 Å². The lowest BCUT2D eigenvalue weighted by Gasteiger charge is -2.26. The first-order chi connectivity index (χ1) is 13.7. The number of fused-ring (bicyclic) bond motifs is 1. The van der Waals surface area contributed by atoms with E-state index in [9.17, 15) is 9.90 Å². The van der Waals surface area contributed by atoms with Gasteiger partial charge in [0.1, 0.15) is 6.04 Å². The number of aromatic nitrogens is 2. The molecule has 6 heteroatoms. The van der Waals surface area contributed by atoms with E-state index in [1.165, 1.54) is 43.4 Å². The van der Waals surface area contributed by atoms with E-state index in [0.717, 1.165) is 30.0 Å². The van der Waals surface area contributed by atoms with Gasteiger partial charge in [-0.1, -0.05) is 63.1 Å². The minimum Gasteiger partial charge on any atom is -0.494 e. The quantitative estimate of drug-likeness (QED) is 0.577. The van der Waals surface area contributed by atoms with Gasteiger partial charge in [-0.05, 0) is 18.4 Å². The molecule has 1 saturated carbocycles. The van der Waals surface area contributed by atoms with Gasteiger partial charge in [0.05, 0.1) is 0 Å². The van der Waals surface area contributed by atoms with E-state index in [-0.39, 0.29) is 11.8 Å². The van der Waals surface area contributed by atoms with Gasteiger partial charge in [0.25, 0.3) is 0 Å². The highest BCUT2D eigenvalue weighted by Gasteiger charge is 2.28. The van der Waals surface area contributed by atoms with Crippen molar-refractivity contribution in [3.8, 4) is 5.88 Å². The van der Waals surface area contributed by atoms with E-state index in [2.05, 4.69) is 10.3 Å². The number of hydrogen-bond acceptors (Lipinski definition) is 4. The summed E-state index contributed by atoms with van der Waals surface area (Å²) in [4.78, 5) is 17.4. The Balaban J connectivity index is 1.63. The van der Waals surface area contributed by atoms with Gasteiger partial charge in [-0.2, -0.15) is 0 Å². The zero-order valence-corrected chi connectivity index (χ0v) is 16.8. The summed E-state index contributed by atoms with van der Waals surface area (Å²) < 4.78 is 1.76. The lowest BCUT2D eigenvalue weighted by Crippen LogP contribution is -2.28. The van der Waals surface area contributed by atoms with Gasteiger partial charge in [0.15, 0.2) is 11.0 Å². The number of benzene rings is 1. The average molecular weight is 398 g/mol. The molecule has 0 aliphatic heterocycles. The van der Waals surface area contributed by atoms with Crippen molar-refractivity contribution in [1.82, 2.24) is 9.55 Å². The molecule has 1 atom stereocenters. The van der Waals surface area contributed by atoms with Crippen molar-refractivity contribution in [2.75, 3.05) is 5.32 Å². The number of aromatic hydroxyl groups is 1. The molecular formula is C22H27N3O2S. The van der Waals surface area contributed by atoms with Crippen molar-refractivity contribution >= 4 is 33.1 Å². The van der Waals surface area contributed by atoms with Crippen LogP contribution in [-0.4, -0.2) is 20.6 Å². The highest BCUT2D eigenvalue weighted by molar-refractivity contribution is 7.13. The molecule has 2 aromatic heterocycles. The van der Waals surface area contributed by atoms with Gasteiger partial charge >= 0.3 is 0 Å². The summed E-state index contributed by atoms with van der Waals surface area (Å²) in [6.45, 7) is 0. The number of hydrogen-bond donors (Lipinski definition) is 2. The highest BCUT2D eigenvalue weighted by atomic mass is 32.1. The summed E-state index contributed by atoms with van der Waals surface area (Å²) in [5.41, 5.74) is 0. The molecule has 148 valence electrons. The molecule has 1 fully saturated rings. The summed E-state index contributed by atoms with van der Waals surface area (Å²) in [5, 5.41) is 18.0. The van der Waals surface area contributed by atoms with Crippen LogP contribution in [0.2, 0.25) is 0 Å². The second kappa shape index (κ2) is 8.78. The molecule has 0 radical (unpaired) electrons. The van der Waals surface area contributed by atoms with Crippen molar-refractivity contribution in [3.05, 3.63) is 42.0 Å². The molecule has 0 saturated heterocycles. The maximum absolute atomic E-state index is 13.2. The van der Waals surface area contributed by atoms with Gasteiger partial charge < -0.3 is 15.0 Å². The van der Waals surface area contributed by atoms with Crippen molar-refractivity contribution in [1.29, 1.82) is 0 Å². The summed E-state index contributed by atoms with van der Waals surface area (Å²) >= 11 is 1.41. The van der Waals surface area contributed by atoms with Crippen molar-refractivity contribution in [3.63, 3.8) is 0 Å². The van der Waals surface area contributed by atoms with E-state index >= 15 is 0 Å². The number of nitrogens with zero attached hydrogens (tertiary/aromatic N) is 2.